The second-order valence-electron chi connectivity index (χ2n) is 7.11. The zero-order valence-electron chi connectivity index (χ0n) is 15.0. The van der Waals surface area contributed by atoms with Gasteiger partial charge in [-0.15, -0.1) is 0 Å². The van der Waals surface area contributed by atoms with Crippen LogP contribution in [0, 0.1) is 5.92 Å². The molecule has 0 unspecified atom stereocenters. The quantitative estimate of drug-likeness (QED) is 0.666. The number of hydrogen-bond acceptors (Lipinski definition) is 4. The molecule has 1 heterocycles. The molecule has 1 saturated carbocycles. The van der Waals surface area contributed by atoms with Crippen molar-refractivity contribution >= 4 is 16.6 Å². The van der Waals surface area contributed by atoms with E-state index in [2.05, 4.69) is 51.7 Å². The first-order valence-electron chi connectivity index (χ1n) is 9.52. The lowest BCUT2D eigenvalue weighted by atomic mass is 9.90. The minimum atomic E-state index is 0.738. The van der Waals surface area contributed by atoms with E-state index in [0.717, 1.165) is 41.4 Å². The first-order valence-corrected chi connectivity index (χ1v) is 9.52. The lowest BCUT2D eigenvalue weighted by Gasteiger charge is -2.21. The van der Waals surface area contributed by atoms with Gasteiger partial charge in [0.2, 0.25) is 0 Å². The van der Waals surface area contributed by atoms with Crippen molar-refractivity contribution in [3.63, 3.8) is 0 Å². The highest BCUT2D eigenvalue weighted by atomic mass is 16.5. The molecule has 1 N–H and O–H groups in total. The summed E-state index contributed by atoms with van der Waals surface area (Å²) in [4.78, 5) is 8.35. The van der Waals surface area contributed by atoms with Crippen molar-refractivity contribution in [3.05, 3.63) is 60.6 Å². The van der Waals surface area contributed by atoms with Gasteiger partial charge < -0.3 is 10.1 Å². The van der Waals surface area contributed by atoms with Crippen LogP contribution < -0.4 is 10.1 Å². The monoisotopic (exact) mass is 347 g/mol. The van der Waals surface area contributed by atoms with Gasteiger partial charge in [-0.2, -0.15) is 0 Å². The zero-order chi connectivity index (χ0) is 17.6. The number of fused-ring (bicyclic) bond motifs is 1. The summed E-state index contributed by atoms with van der Waals surface area (Å²) in [5, 5.41) is 4.51. The first-order chi connectivity index (χ1) is 12.9. The Kier molecular flexibility index (Phi) is 5.29. The van der Waals surface area contributed by atoms with Crippen molar-refractivity contribution in [1.82, 2.24) is 9.97 Å². The molecule has 0 bridgehead atoms. The average Bonchev–Trinajstić information content (AvgIpc) is 2.72. The topological polar surface area (TPSA) is 47.0 Å². The fourth-order valence-electron chi connectivity index (χ4n) is 3.56. The summed E-state index contributed by atoms with van der Waals surface area (Å²) in [7, 11) is 0. The molecule has 1 aromatic heterocycles. The van der Waals surface area contributed by atoms with Gasteiger partial charge in [-0.3, -0.25) is 0 Å². The molecule has 0 aliphatic heterocycles. The number of nitrogens with zero attached hydrogens (tertiary/aromatic N) is 2. The van der Waals surface area contributed by atoms with Gasteiger partial charge in [-0.1, -0.05) is 31.4 Å². The molecule has 134 valence electrons. The van der Waals surface area contributed by atoms with Crippen LogP contribution in [0.25, 0.3) is 10.9 Å². The molecule has 0 atom stereocenters. The molecule has 4 heteroatoms. The predicted octanol–water partition coefficient (Wildman–Crippen LogP) is 5.20. The van der Waals surface area contributed by atoms with Crippen LogP contribution in [-0.4, -0.2) is 16.6 Å². The van der Waals surface area contributed by atoms with Crippen molar-refractivity contribution < 1.29 is 4.74 Å². The van der Waals surface area contributed by atoms with Gasteiger partial charge in [0.05, 0.1) is 12.1 Å². The summed E-state index contributed by atoms with van der Waals surface area (Å²) in [5.74, 6) is 1.71. The average molecular weight is 347 g/mol. The van der Waals surface area contributed by atoms with Crippen LogP contribution in [0.5, 0.6) is 5.75 Å². The SMILES string of the molecule is c1ncc2ccc(NCc3ccc(OCC4CCCCC4)cc3)cc2n1. The van der Waals surface area contributed by atoms with E-state index in [4.69, 9.17) is 4.74 Å². The van der Waals surface area contributed by atoms with Crippen molar-refractivity contribution in [2.24, 2.45) is 5.92 Å². The molecule has 3 aromatic rings. The number of hydrogen-bond donors (Lipinski definition) is 1. The molecule has 4 nitrogen and oxygen atoms in total. The molecular weight excluding hydrogens is 322 g/mol. The van der Waals surface area contributed by atoms with E-state index in [1.165, 1.54) is 37.7 Å². The summed E-state index contributed by atoms with van der Waals surface area (Å²) in [6.07, 6.45) is 10.2. The fourth-order valence-corrected chi connectivity index (χ4v) is 3.56. The zero-order valence-corrected chi connectivity index (χ0v) is 15.0. The Labute approximate surface area is 154 Å². The molecular formula is C22H25N3O. The normalized spacial score (nSPS) is 15.1. The molecule has 4 rings (SSSR count). The highest BCUT2D eigenvalue weighted by Crippen LogP contribution is 2.25. The van der Waals surface area contributed by atoms with E-state index in [1.807, 2.05) is 12.3 Å². The Morgan fingerprint density at radius 3 is 2.69 bits per heavy atom. The molecule has 0 amide bonds. The van der Waals surface area contributed by atoms with Gasteiger partial charge in [0.1, 0.15) is 12.1 Å². The lowest BCUT2D eigenvalue weighted by molar-refractivity contribution is 0.209. The van der Waals surface area contributed by atoms with Gasteiger partial charge in [-0.25, -0.2) is 9.97 Å². The molecule has 2 aromatic carbocycles. The van der Waals surface area contributed by atoms with Crippen LogP contribution in [0.3, 0.4) is 0 Å². The van der Waals surface area contributed by atoms with E-state index >= 15 is 0 Å². The largest absolute Gasteiger partial charge is 0.493 e. The molecule has 0 spiro atoms. The molecule has 0 radical (unpaired) electrons. The molecule has 26 heavy (non-hydrogen) atoms. The highest BCUT2D eigenvalue weighted by Gasteiger charge is 2.13. The fraction of sp³-hybridized carbons (Fsp3) is 0.364. The Balaban J connectivity index is 1.30. The van der Waals surface area contributed by atoms with Crippen LogP contribution in [0.1, 0.15) is 37.7 Å². The van der Waals surface area contributed by atoms with Gasteiger partial charge >= 0.3 is 0 Å². The van der Waals surface area contributed by atoms with Crippen molar-refractivity contribution in [2.75, 3.05) is 11.9 Å². The van der Waals surface area contributed by atoms with Gasteiger partial charge in [0.15, 0.2) is 0 Å². The maximum atomic E-state index is 5.98. The maximum absolute atomic E-state index is 5.98. The standard InChI is InChI=1S/C22H25N3O/c1-2-4-18(5-3-1)15-26-21-10-6-17(7-11-21)13-24-20-9-8-19-14-23-16-25-22(19)12-20/h6-12,14,16,18,24H,1-5,13,15H2. The molecule has 1 aliphatic rings. The highest BCUT2D eigenvalue weighted by molar-refractivity contribution is 5.81. The first kappa shape index (κ1) is 16.8. The van der Waals surface area contributed by atoms with E-state index in [0.29, 0.717) is 0 Å². The number of aromatic nitrogens is 2. The third kappa shape index (κ3) is 4.31. The second kappa shape index (κ2) is 8.17. The van der Waals surface area contributed by atoms with Gasteiger partial charge in [-0.05, 0) is 54.7 Å². The smallest absolute Gasteiger partial charge is 0.119 e. The molecule has 1 aliphatic carbocycles. The Bertz CT molecular complexity index is 841. The minimum Gasteiger partial charge on any atom is -0.493 e. The van der Waals surface area contributed by atoms with Crippen molar-refractivity contribution in [2.45, 2.75) is 38.6 Å². The van der Waals surface area contributed by atoms with E-state index in [9.17, 15) is 0 Å². The molecule has 1 fully saturated rings. The lowest BCUT2D eigenvalue weighted by Crippen LogP contribution is -2.15. The summed E-state index contributed by atoms with van der Waals surface area (Å²) >= 11 is 0. The van der Waals surface area contributed by atoms with Crippen LogP contribution >= 0.6 is 0 Å². The van der Waals surface area contributed by atoms with Gasteiger partial charge in [0.25, 0.3) is 0 Å². The number of anilines is 1. The Morgan fingerprint density at radius 2 is 1.85 bits per heavy atom. The van der Waals surface area contributed by atoms with E-state index < -0.39 is 0 Å². The summed E-state index contributed by atoms with van der Waals surface area (Å²) in [6, 6.07) is 14.6. The molecule has 0 saturated heterocycles. The number of benzene rings is 2. The second-order valence-corrected chi connectivity index (χ2v) is 7.11. The third-order valence-corrected chi connectivity index (χ3v) is 5.14. The Hall–Kier alpha value is -2.62. The summed E-state index contributed by atoms with van der Waals surface area (Å²) in [6.45, 7) is 1.63. The van der Waals surface area contributed by atoms with Crippen molar-refractivity contribution in [1.29, 1.82) is 0 Å². The maximum Gasteiger partial charge on any atom is 0.119 e. The van der Waals surface area contributed by atoms with Crippen LogP contribution in [0.15, 0.2) is 55.0 Å². The van der Waals surface area contributed by atoms with E-state index in [-0.39, 0.29) is 0 Å². The Morgan fingerprint density at radius 1 is 1.00 bits per heavy atom. The summed E-state index contributed by atoms with van der Waals surface area (Å²) < 4.78 is 5.98. The van der Waals surface area contributed by atoms with E-state index in [1.54, 1.807) is 6.33 Å². The number of ether oxygens (including phenoxy) is 1. The van der Waals surface area contributed by atoms with Crippen LogP contribution in [0.2, 0.25) is 0 Å². The summed E-state index contributed by atoms with van der Waals surface area (Å²) in [5.41, 5.74) is 3.25. The minimum absolute atomic E-state index is 0.738. The van der Waals surface area contributed by atoms with Crippen LogP contribution in [0.4, 0.5) is 5.69 Å². The van der Waals surface area contributed by atoms with Gasteiger partial charge in [0, 0.05) is 23.8 Å². The van der Waals surface area contributed by atoms with Crippen molar-refractivity contribution in [3.8, 4) is 5.75 Å². The van der Waals surface area contributed by atoms with Crippen LogP contribution in [-0.2, 0) is 6.54 Å². The number of rotatable bonds is 6. The third-order valence-electron chi connectivity index (χ3n) is 5.14. The predicted molar refractivity (Wildman–Crippen MR) is 105 cm³/mol. The number of nitrogens with one attached hydrogen (secondary N) is 1.